The minimum Gasteiger partial charge on any atom is -0.457 e. The lowest BCUT2D eigenvalue weighted by Gasteiger charge is -2.13. The van der Waals surface area contributed by atoms with Crippen LogP contribution in [0.15, 0.2) is 48.7 Å². The molecule has 6 heteroatoms. The van der Waals surface area contributed by atoms with Gasteiger partial charge >= 0.3 is 0 Å². The van der Waals surface area contributed by atoms with Gasteiger partial charge in [-0.15, -0.1) is 0 Å². The number of benzene rings is 2. The molecule has 3 rings (SSSR count). The Morgan fingerprint density at radius 3 is 2.31 bits per heavy atom. The van der Waals surface area contributed by atoms with E-state index in [4.69, 9.17) is 4.74 Å². The van der Waals surface area contributed by atoms with Crippen LogP contribution < -0.4 is 10.1 Å². The Bertz CT molecular complexity index is 870. The number of nitrogens with zero attached hydrogens (tertiary/aromatic N) is 2. The second kappa shape index (κ2) is 7.66. The van der Waals surface area contributed by atoms with E-state index >= 15 is 0 Å². The molecule has 0 saturated carbocycles. The zero-order chi connectivity index (χ0) is 18.7. The highest BCUT2D eigenvalue weighted by Crippen LogP contribution is 2.24. The number of rotatable bonds is 6. The molecule has 1 heterocycles. The van der Waals surface area contributed by atoms with Gasteiger partial charge in [0, 0.05) is 49.6 Å². The van der Waals surface area contributed by atoms with Gasteiger partial charge in [0.2, 0.25) is 0 Å². The summed E-state index contributed by atoms with van der Waals surface area (Å²) in [5.41, 5.74) is 3.26. The molecule has 4 nitrogen and oxygen atoms in total. The summed E-state index contributed by atoms with van der Waals surface area (Å²) in [6, 6.07) is 10.7. The van der Waals surface area contributed by atoms with Gasteiger partial charge in [0.15, 0.2) is 0 Å². The molecule has 0 bridgehead atoms. The molecule has 0 fully saturated rings. The van der Waals surface area contributed by atoms with Crippen molar-refractivity contribution in [1.29, 1.82) is 0 Å². The summed E-state index contributed by atoms with van der Waals surface area (Å²) in [6.07, 6.45) is 2.02. The van der Waals surface area contributed by atoms with E-state index in [2.05, 4.69) is 17.3 Å². The van der Waals surface area contributed by atoms with E-state index in [0.717, 1.165) is 29.5 Å². The number of aromatic nitrogens is 2. The number of ether oxygens (including phenoxy) is 1. The predicted octanol–water partition coefficient (Wildman–Crippen LogP) is 4.65. The first-order valence-electron chi connectivity index (χ1n) is 8.37. The molecule has 0 radical (unpaired) electrons. The van der Waals surface area contributed by atoms with Crippen LogP contribution >= 0.6 is 0 Å². The van der Waals surface area contributed by atoms with E-state index in [1.807, 2.05) is 37.0 Å². The summed E-state index contributed by atoms with van der Waals surface area (Å²) in [7, 11) is 1.91. The Labute approximate surface area is 151 Å². The zero-order valence-electron chi connectivity index (χ0n) is 15.0. The second-order valence-corrected chi connectivity index (χ2v) is 6.30. The Morgan fingerprint density at radius 2 is 1.73 bits per heavy atom. The normalized spacial score (nSPS) is 12.2. The summed E-state index contributed by atoms with van der Waals surface area (Å²) in [6.45, 7) is 4.78. The van der Waals surface area contributed by atoms with Gasteiger partial charge in [-0.3, -0.25) is 4.68 Å². The van der Waals surface area contributed by atoms with E-state index in [0.29, 0.717) is 12.3 Å². The number of nitrogens with one attached hydrogen (secondary N) is 1. The molecular formula is C20H21F2N3O. The molecule has 2 aromatic carbocycles. The maximum absolute atomic E-state index is 13.2. The Hall–Kier alpha value is -2.73. The van der Waals surface area contributed by atoms with Gasteiger partial charge in [0.25, 0.3) is 0 Å². The van der Waals surface area contributed by atoms with Gasteiger partial charge in [0.05, 0.1) is 5.69 Å². The van der Waals surface area contributed by atoms with Crippen molar-refractivity contribution < 1.29 is 13.5 Å². The number of aryl methyl sites for hydroxylation is 2. The molecule has 1 N–H and O–H groups in total. The van der Waals surface area contributed by atoms with Crippen molar-refractivity contribution in [3.05, 3.63) is 77.1 Å². The second-order valence-electron chi connectivity index (χ2n) is 6.30. The topological polar surface area (TPSA) is 39.1 Å². The van der Waals surface area contributed by atoms with E-state index in [-0.39, 0.29) is 11.8 Å². The molecule has 26 heavy (non-hydrogen) atoms. The third-order valence-corrected chi connectivity index (χ3v) is 4.13. The SMILES string of the molecule is Cc1nn(C)cc1C(C)NCc1ccc(Oc2cc(F)cc(F)c2)cc1. The van der Waals surface area contributed by atoms with Crippen molar-refractivity contribution in [2.75, 3.05) is 0 Å². The fourth-order valence-electron chi connectivity index (χ4n) is 2.82. The summed E-state index contributed by atoms with van der Waals surface area (Å²) in [5.74, 6) is -0.676. The lowest BCUT2D eigenvalue weighted by atomic mass is 10.1. The van der Waals surface area contributed by atoms with Crippen molar-refractivity contribution >= 4 is 0 Å². The third kappa shape index (κ3) is 4.46. The molecule has 0 aliphatic heterocycles. The van der Waals surface area contributed by atoms with E-state index in [9.17, 15) is 8.78 Å². The Kier molecular flexibility index (Phi) is 5.32. The molecule has 0 aliphatic rings. The third-order valence-electron chi connectivity index (χ3n) is 4.13. The number of halogens is 2. The molecule has 3 aromatic rings. The van der Waals surface area contributed by atoms with Gasteiger partial charge in [-0.25, -0.2) is 8.78 Å². The maximum Gasteiger partial charge on any atom is 0.133 e. The molecule has 136 valence electrons. The maximum atomic E-state index is 13.2. The molecule has 1 atom stereocenters. The van der Waals surface area contributed by atoms with Crippen LogP contribution in [0, 0.1) is 18.6 Å². The first-order valence-corrected chi connectivity index (χ1v) is 8.37. The van der Waals surface area contributed by atoms with Crippen LogP contribution in [-0.4, -0.2) is 9.78 Å². The number of hydrogen-bond acceptors (Lipinski definition) is 3. The average molecular weight is 357 g/mol. The van der Waals surface area contributed by atoms with Crippen molar-refractivity contribution in [2.45, 2.75) is 26.4 Å². The minimum absolute atomic E-state index is 0.133. The fourth-order valence-corrected chi connectivity index (χ4v) is 2.82. The lowest BCUT2D eigenvalue weighted by Crippen LogP contribution is -2.18. The molecule has 1 unspecified atom stereocenters. The molecule has 0 aliphatic carbocycles. The van der Waals surface area contributed by atoms with Gasteiger partial charge in [0.1, 0.15) is 23.1 Å². The van der Waals surface area contributed by atoms with Gasteiger partial charge in [-0.1, -0.05) is 12.1 Å². The van der Waals surface area contributed by atoms with Crippen LogP contribution in [0.3, 0.4) is 0 Å². The minimum atomic E-state index is -0.666. The van der Waals surface area contributed by atoms with Gasteiger partial charge in [-0.2, -0.15) is 5.10 Å². The van der Waals surface area contributed by atoms with Crippen LogP contribution in [0.5, 0.6) is 11.5 Å². The van der Waals surface area contributed by atoms with Crippen LogP contribution in [0.4, 0.5) is 8.78 Å². The van der Waals surface area contributed by atoms with Crippen molar-refractivity contribution in [1.82, 2.24) is 15.1 Å². The molecule has 1 aromatic heterocycles. The largest absolute Gasteiger partial charge is 0.457 e. The average Bonchev–Trinajstić information content (AvgIpc) is 2.91. The zero-order valence-corrected chi connectivity index (χ0v) is 15.0. The highest BCUT2D eigenvalue weighted by atomic mass is 19.1. The van der Waals surface area contributed by atoms with Crippen molar-refractivity contribution in [3.63, 3.8) is 0 Å². The highest BCUT2D eigenvalue weighted by molar-refractivity contribution is 5.33. The fraction of sp³-hybridized carbons (Fsp3) is 0.250. The lowest BCUT2D eigenvalue weighted by molar-refractivity contribution is 0.468. The van der Waals surface area contributed by atoms with E-state index in [1.165, 1.54) is 5.56 Å². The van der Waals surface area contributed by atoms with Crippen molar-refractivity contribution in [3.8, 4) is 11.5 Å². The quantitative estimate of drug-likeness (QED) is 0.698. The first-order chi connectivity index (χ1) is 12.4. The Morgan fingerprint density at radius 1 is 1.08 bits per heavy atom. The molecule has 0 spiro atoms. The van der Waals surface area contributed by atoms with Crippen LogP contribution in [0.2, 0.25) is 0 Å². The smallest absolute Gasteiger partial charge is 0.133 e. The summed E-state index contributed by atoms with van der Waals surface area (Å²) in [4.78, 5) is 0. The van der Waals surface area contributed by atoms with Crippen molar-refractivity contribution in [2.24, 2.45) is 7.05 Å². The highest BCUT2D eigenvalue weighted by Gasteiger charge is 2.11. The van der Waals surface area contributed by atoms with Gasteiger partial charge in [-0.05, 0) is 31.5 Å². The summed E-state index contributed by atoms with van der Waals surface area (Å²) in [5, 5.41) is 7.82. The summed E-state index contributed by atoms with van der Waals surface area (Å²) >= 11 is 0. The van der Waals surface area contributed by atoms with Crippen LogP contribution in [0.25, 0.3) is 0 Å². The monoisotopic (exact) mass is 357 g/mol. The first kappa shape index (κ1) is 18.1. The van der Waals surface area contributed by atoms with Gasteiger partial charge < -0.3 is 10.1 Å². The predicted molar refractivity (Wildman–Crippen MR) is 96.1 cm³/mol. The number of hydrogen-bond donors (Lipinski definition) is 1. The standard InChI is InChI=1S/C20H21F2N3O/c1-13(20-12-25(3)24-14(20)2)23-11-15-4-6-18(7-5-15)26-19-9-16(21)8-17(22)10-19/h4-10,12-13,23H,11H2,1-3H3. The van der Waals surface area contributed by atoms with Crippen LogP contribution in [-0.2, 0) is 13.6 Å². The summed E-state index contributed by atoms with van der Waals surface area (Å²) < 4.78 is 33.7. The molecule has 0 saturated heterocycles. The molecule has 0 amide bonds. The Balaban J connectivity index is 1.60. The van der Waals surface area contributed by atoms with E-state index < -0.39 is 11.6 Å². The molecular weight excluding hydrogens is 336 g/mol. The van der Waals surface area contributed by atoms with Crippen LogP contribution in [0.1, 0.15) is 29.8 Å². The van der Waals surface area contributed by atoms with E-state index in [1.54, 1.807) is 12.1 Å².